The van der Waals surface area contributed by atoms with Gasteiger partial charge in [0, 0.05) is 22.2 Å². The fourth-order valence-corrected chi connectivity index (χ4v) is 3.07. The molecule has 1 aromatic carbocycles. The highest BCUT2D eigenvalue weighted by molar-refractivity contribution is 6.35. The highest BCUT2D eigenvalue weighted by Crippen LogP contribution is 2.26. The smallest absolute Gasteiger partial charge is 0.225 e. The van der Waals surface area contributed by atoms with Crippen LogP contribution < -0.4 is 9.64 Å². The molecule has 1 N–H and O–H groups in total. The van der Waals surface area contributed by atoms with Crippen LogP contribution in [0.15, 0.2) is 30.6 Å². The molecule has 134 valence electrons. The van der Waals surface area contributed by atoms with E-state index >= 15 is 0 Å². The molecule has 0 aliphatic carbocycles. The number of benzene rings is 1. The first-order valence-corrected chi connectivity index (χ1v) is 8.71. The lowest BCUT2D eigenvalue weighted by molar-refractivity contribution is -0.0108. The zero-order valence-corrected chi connectivity index (χ0v) is 15.2. The van der Waals surface area contributed by atoms with Crippen LogP contribution in [0.2, 0.25) is 10.0 Å². The zero-order chi connectivity index (χ0) is 17.8. The fourth-order valence-electron chi connectivity index (χ4n) is 2.56. The van der Waals surface area contributed by atoms with E-state index in [4.69, 9.17) is 32.7 Å². The van der Waals surface area contributed by atoms with Crippen LogP contribution in [0.1, 0.15) is 12.5 Å². The minimum absolute atomic E-state index is 0.0248. The lowest BCUT2D eigenvalue weighted by Gasteiger charge is -2.37. The van der Waals surface area contributed by atoms with Gasteiger partial charge in [-0.1, -0.05) is 29.3 Å². The molecule has 25 heavy (non-hydrogen) atoms. The van der Waals surface area contributed by atoms with Gasteiger partial charge >= 0.3 is 0 Å². The van der Waals surface area contributed by atoms with Gasteiger partial charge in [0.2, 0.25) is 5.95 Å². The topological polar surface area (TPSA) is 67.7 Å². The van der Waals surface area contributed by atoms with Crippen LogP contribution in [0.3, 0.4) is 0 Å². The van der Waals surface area contributed by atoms with Crippen LogP contribution >= 0.6 is 23.2 Å². The molecule has 0 unspecified atom stereocenters. The first-order chi connectivity index (χ1) is 12.1. The maximum atomic E-state index is 9.28. The summed E-state index contributed by atoms with van der Waals surface area (Å²) in [5.41, 5.74) is 0.725. The Morgan fingerprint density at radius 2 is 1.96 bits per heavy atom. The molecule has 1 aromatic heterocycles. The van der Waals surface area contributed by atoms with Crippen molar-refractivity contribution in [1.29, 1.82) is 0 Å². The molecule has 3 rings (SSSR count). The molecule has 1 aliphatic rings. The molecule has 2 aromatic rings. The van der Waals surface area contributed by atoms with Crippen molar-refractivity contribution in [2.45, 2.75) is 25.7 Å². The second-order valence-electron chi connectivity index (χ2n) is 5.85. The van der Waals surface area contributed by atoms with Gasteiger partial charge in [0.25, 0.3) is 0 Å². The average Bonchev–Trinajstić information content (AvgIpc) is 2.62. The first-order valence-electron chi connectivity index (χ1n) is 7.95. The predicted octanol–water partition coefficient (Wildman–Crippen LogP) is 2.95. The van der Waals surface area contributed by atoms with Crippen molar-refractivity contribution in [2.24, 2.45) is 0 Å². The summed E-state index contributed by atoms with van der Waals surface area (Å²) in [7, 11) is 0. The summed E-state index contributed by atoms with van der Waals surface area (Å²) in [5, 5.41) is 10.4. The summed E-state index contributed by atoms with van der Waals surface area (Å²) in [5.74, 6) is 1.11. The van der Waals surface area contributed by atoms with Gasteiger partial charge in [-0.15, -0.1) is 0 Å². The SMILES string of the molecule is C[C@H]1CO[C@H](CO)CN1c1ncc(OCc2c(Cl)cccc2Cl)cn1. The van der Waals surface area contributed by atoms with Gasteiger partial charge in [0.15, 0.2) is 5.75 Å². The summed E-state index contributed by atoms with van der Waals surface area (Å²) < 4.78 is 11.2. The van der Waals surface area contributed by atoms with E-state index < -0.39 is 0 Å². The van der Waals surface area contributed by atoms with Gasteiger partial charge < -0.3 is 19.5 Å². The van der Waals surface area contributed by atoms with E-state index in [9.17, 15) is 5.11 Å². The highest BCUT2D eigenvalue weighted by atomic mass is 35.5. The fraction of sp³-hybridized carbons (Fsp3) is 0.412. The van der Waals surface area contributed by atoms with Gasteiger partial charge in [-0.25, -0.2) is 9.97 Å². The van der Waals surface area contributed by atoms with E-state index in [-0.39, 0.29) is 25.4 Å². The van der Waals surface area contributed by atoms with Crippen LogP contribution in [-0.4, -0.2) is 47.0 Å². The van der Waals surface area contributed by atoms with Gasteiger partial charge in [0.1, 0.15) is 6.61 Å². The number of morpholine rings is 1. The summed E-state index contributed by atoms with van der Waals surface area (Å²) >= 11 is 12.3. The van der Waals surface area contributed by atoms with Crippen LogP contribution in [-0.2, 0) is 11.3 Å². The summed E-state index contributed by atoms with van der Waals surface area (Å²) in [4.78, 5) is 10.7. The average molecular weight is 384 g/mol. The van der Waals surface area contributed by atoms with E-state index in [1.165, 1.54) is 0 Å². The Morgan fingerprint density at radius 1 is 1.28 bits per heavy atom. The standard InChI is InChI=1S/C17H19Cl2N3O3/c1-11-9-24-13(8-23)7-22(11)17-20-5-12(6-21-17)25-10-14-15(18)3-2-4-16(14)19/h2-6,11,13,23H,7-10H2,1H3/t11-,13-/m0/s1. The normalized spacial score (nSPS) is 20.6. The highest BCUT2D eigenvalue weighted by Gasteiger charge is 2.27. The summed E-state index contributed by atoms with van der Waals surface area (Å²) in [6.07, 6.45) is 3.00. The lowest BCUT2D eigenvalue weighted by atomic mass is 10.2. The second-order valence-corrected chi connectivity index (χ2v) is 6.66. The molecule has 0 radical (unpaired) electrons. The zero-order valence-electron chi connectivity index (χ0n) is 13.7. The number of nitrogens with zero attached hydrogens (tertiary/aromatic N) is 3. The van der Waals surface area contributed by atoms with Crippen molar-refractivity contribution < 1.29 is 14.6 Å². The number of rotatable bonds is 5. The number of aliphatic hydroxyl groups excluding tert-OH is 1. The molecule has 1 saturated heterocycles. The monoisotopic (exact) mass is 383 g/mol. The molecule has 0 bridgehead atoms. The van der Waals surface area contributed by atoms with Crippen LogP contribution in [0.5, 0.6) is 5.75 Å². The molecular formula is C17H19Cl2N3O3. The Bertz CT molecular complexity index is 695. The number of aliphatic hydroxyl groups is 1. The molecule has 1 fully saturated rings. The van der Waals surface area contributed by atoms with Gasteiger partial charge in [0.05, 0.1) is 37.8 Å². The number of halogens is 2. The Balaban J connectivity index is 1.66. The maximum Gasteiger partial charge on any atom is 0.225 e. The van der Waals surface area contributed by atoms with Crippen LogP contribution in [0.4, 0.5) is 5.95 Å². The first kappa shape index (κ1) is 18.2. The van der Waals surface area contributed by atoms with Crippen molar-refractivity contribution in [2.75, 3.05) is 24.7 Å². The molecular weight excluding hydrogens is 365 g/mol. The lowest BCUT2D eigenvalue weighted by Crippen LogP contribution is -2.50. The van der Waals surface area contributed by atoms with Crippen molar-refractivity contribution in [3.63, 3.8) is 0 Å². The Hall–Kier alpha value is -1.60. The second kappa shape index (κ2) is 8.19. The quantitative estimate of drug-likeness (QED) is 0.855. The maximum absolute atomic E-state index is 9.28. The van der Waals surface area contributed by atoms with E-state index in [0.717, 1.165) is 5.56 Å². The molecule has 0 spiro atoms. The van der Waals surface area contributed by atoms with Crippen LogP contribution in [0, 0.1) is 0 Å². The third kappa shape index (κ3) is 4.33. The van der Waals surface area contributed by atoms with Crippen molar-refractivity contribution in [3.8, 4) is 5.75 Å². The molecule has 8 heteroatoms. The number of ether oxygens (including phenoxy) is 2. The van der Waals surface area contributed by atoms with Crippen molar-refractivity contribution in [3.05, 3.63) is 46.2 Å². The predicted molar refractivity (Wildman–Crippen MR) is 96.5 cm³/mol. The molecule has 2 atom stereocenters. The van der Waals surface area contributed by atoms with Crippen LogP contribution in [0.25, 0.3) is 0 Å². The van der Waals surface area contributed by atoms with Crippen molar-refractivity contribution >= 4 is 29.2 Å². The Kier molecular flexibility index (Phi) is 5.96. The Labute approximate surface area is 156 Å². The number of hydrogen-bond donors (Lipinski definition) is 1. The molecule has 2 heterocycles. The van der Waals surface area contributed by atoms with E-state index in [1.807, 2.05) is 11.8 Å². The molecule has 6 nitrogen and oxygen atoms in total. The summed E-state index contributed by atoms with van der Waals surface area (Å²) in [6, 6.07) is 5.46. The van der Waals surface area contributed by atoms with Gasteiger partial charge in [-0.05, 0) is 19.1 Å². The third-order valence-corrected chi connectivity index (χ3v) is 4.73. The minimum Gasteiger partial charge on any atom is -0.486 e. The van der Waals surface area contributed by atoms with E-state index in [2.05, 4.69) is 9.97 Å². The van der Waals surface area contributed by atoms with Gasteiger partial charge in [-0.3, -0.25) is 0 Å². The molecule has 1 aliphatic heterocycles. The molecule has 0 saturated carbocycles. The largest absolute Gasteiger partial charge is 0.486 e. The number of anilines is 1. The summed E-state index contributed by atoms with van der Waals surface area (Å²) in [6.45, 7) is 3.32. The van der Waals surface area contributed by atoms with E-state index in [0.29, 0.717) is 34.9 Å². The van der Waals surface area contributed by atoms with E-state index in [1.54, 1.807) is 30.6 Å². The third-order valence-electron chi connectivity index (χ3n) is 4.03. The van der Waals surface area contributed by atoms with Gasteiger partial charge in [-0.2, -0.15) is 0 Å². The molecule has 0 amide bonds. The number of hydrogen-bond acceptors (Lipinski definition) is 6. The number of aromatic nitrogens is 2. The minimum atomic E-state index is -0.224. The van der Waals surface area contributed by atoms with Crippen molar-refractivity contribution in [1.82, 2.24) is 9.97 Å². The Morgan fingerprint density at radius 3 is 2.60 bits per heavy atom.